The van der Waals surface area contributed by atoms with Gasteiger partial charge in [-0.15, -0.1) is 0 Å². The molecule has 0 aliphatic heterocycles. The highest BCUT2D eigenvalue weighted by Crippen LogP contribution is 2.23. The highest BCUT2D eigenvalue weighted by molar-refractivity contribution is 5.97. The fourth-order valence-corrected chi connectivity index (χ4v) is 1.97. The minimum absolute atomic E-state index is 0.287. The van der Waals surface area contributed by atoms with E-state index < -0.39 is 0 Å². The predicted octanol–water partition coefficient (Wildman–Crippen LogP) is 2.84. The van der Waals surface area contributed by atoms with Crippen LogP contribution < -0.4 is 5.73 Å². The molecule has 3 heteroatoms. The topological polar surface area (TPSA) is 62.7 Å². The SMILES string of the molecule is N#Cc1cc2cc3ccccc3cc2nc1N. The first kappa shape index (κ1) is 9.61. The quantitative estimate of drug-likeness (QED) is 0.591. The van der Waals surface area contributed by atoms with Gasteiger partial charge in [0.05, 0.1) is 11.1 Å². The second-order valence-corrected chi connectivity index (χ2v) is 3.93. The molecule has 2 N–H and O–H groups in total. The lowest BCUT2D eigenvalue weighted by atomic mass is 10.1. The maximum atomic E-state index is 8.92. The molecule has 17 heavy (non-hydrogen) atoms. The van der Waals surface area contributed by atoms with E-state index in [-0.39, 0.29) is 5.82 Å². The first-order valence-electron chi connectivity index (χ1n) is 5.27. The van der Waals surface area contributed by atoms with E-state index in [9.17, 15) is 0 Å². The molecule has 0 aliphatic carbocycles. The Morgan fingerprint density at radius 2 is 1.71 bits per heavy atom. The summed E-state index contributed by atoms with van der Waals surface area (Å²) < 4.78 is 0. The molecule has 0 radical (unpaired) electrons. The van der Waals surface area contributed by atoms with Gasteiger partial charge in [0.15, 0.2) is 0 Å². The van der Waals surface area contributed by atoms with E-state index in [4.69, 9.17) is 11.0 Å². The van der Waals surface area contributed by atoms with Gasteiger partial charge in [-0.3, -0.25) is 0 Å². The standard InChI is InChI=1S/C14H9N3/c15-8-12-6-11-5-9-3-1-2-4-10(9)7-13(11)17-14(12)16/h1-7H,(H2,16,17). The molecule has 1 aromatic heterocycles. The Morgan fingerprint density at radius 3 is 2.41 bits per heavy atom. The fraction of sp³-hybridized carbons (Fsp3) is 0. The summed E-state index contributed by atoms with van der Waals surface area (Å²) in [6.45, 7) is 0. The largest absolute Gasteiger partial charge is 0.383 e. The van der Waals surface area contributed by atoms with Gasteiger partial charge in [0.25, 0.3) is 0 Å². The first-order valence-corrected chi connectivity index (χ1v) is 5.27. The van der Waals surface area contributed by atoms with E-state index in [2.05, 4.69) is 4.98 Å². The molecule has 3 aromatic rings. The van der Waals surface area contributed by atoms with Crippen molar-refractivity contribution in [3.8, 4) is 6.07 Å². The lowest BCUT2D eigenvalue weighted by Crippen LogP contribution is -1.95. The van der Waals surface area contributed by atoms with Crippen LogP contribution in [-0.4, -0.2) is 4.98 Å². The van der Waals surface area contributed by atoms with Gasteiger partial charge in [-0.2, -0.15) is 5.26 Å². The molecular formula is C14H9N3. The van der Waals surface area contributed by atoms with Crippen LogP contribution in [0.25, 0.3) is 21.7 Å². The van der Waals surface area contributed by atoms with Gasteiger partial charge < -0.3 is 5.73 Å². The zero-order valence-electron chi connectivity index (χ0n) is 9.01. The Labute approximate surface area is 98.1 Å². The third-order valence-corrected chi connectivity index (χ3v) is 2.83. The van der Waals surface area contributed by atoms with E-state index in [1.165, 1.54) is 0 Å². The number of aromatic nitrogens is 1. The average molecular weight is 219 g/mol. The lowest BCUT2D eigenvalue weighted by Gasteiger charge is -2.03. The van der Waals surface area contributed by atoms with Crippen LogP contribution in [0.3, 0.4) is 0 Å². The number of nitriles is 1. The summed E-state index contributed by atoms with van der Waals surface area (Å²) in [5, 5.41) is 12.1. The number of hydrogen-bond acceptors (Lipinski definition) is 3. The van der Waals surface area contributed by atoms with Crippen LogP contribution in [-0.2, 0) is 0 Å². The number of rotatable bonds is 0. The molecule has 0 bridgehead atoms. The van der Waals surface area contributed by atoms with Crippen molar-refractivity contribution in [1.29, 1.82) is 5.26 Å². The molecule has 0 unspecified atom stereocenters. The molecule has 2 aromatic carbocycles. The zero-order valence-corrected chi connectivity index (χ0v) is 9.01. The van der Waals surface area contributed by atoms with Crippen molar-refractivity contribution < 1.29 is 0 Å². The Hall–Kier alpha value is -2.60. The maximum absolute atomic E-state index is 8.92. The molecule has 0 atom stereocenters. The second-order valence-electron chi connectivity index (χ2n) is 3.93. The minimum Gasteiger partial charge on any atom is -0.383 e. The van der Waals surface area contributed by atoms with Crippen molar-refractivity contribution in [2.45, 2.75) is 0 Å². The molecule has 0 spiro atoms. The van der Waals surface area contributed by atoms with Crippen molar-refractivity contribution in [3.63, 3.8) is 0 Å². The number of nitrogen functional groups attached to an aromatic ring is 1. The van der Waals surface area contributed by atoms with Crippen LogP contribution in [0, 0.1) is 11.3 Å². The van der Waals surface area contributed by atoms with Crippen molar-refractivity contribution in [3.05, 3.63) is 48.0 Å². The molecule has 80 valence electrons. The monoisotopic (exact) mass is 219 g/mol. The van der Waals surface area contributed by atoms with Gasteiger partial charge in [-0.1, -0.05) is 24.3 Å². The fourth-order valence-electron chi connectivity index (χ4n) is 1.97. The summed E-state index contributed by atoms with van der Waals surface area (Å²) in [7, 11) is 0. The van der Waals surface area contributed by atoms with Crippen molar-refractivity contribution in [2.75, 3.05) is 5.73 Å². The number of nitrogens with zero attached hydrogens (tertiary/aromatic N) is 2. The molecule has 1 heterocycles. The Morgan fingerprint density at radius 1 is 1.00 bits per heavy atom. The average Bonchev–Trinajstić information content (AvgIpc) is 2.35. The summed E-state index contributed by atoms with van der Waals surface area (Å²) in [6.07, 6.45) is 0. The van der Waals surface area contributed by atoms with Crippen LogP contribution >= 0.6 is 0 Å². The van der Waals surface area contributed by atoms with Crippen molar-refractivity contribution >= 4 is 27.5 Å². The molecule has 0 fully saturated rings. The van der Waals surface area contributed by atoms with E-state index >= 15 is 0 Å². The zero-order chi connectivity index (χ0) is 11.8. The number of anilines is 1. The van der Waals surface area contributed by atoms with Crippen molar-refractivity contribution in [1.82, 2.24) is 4.98 Å². The number of hydrogen-bond donors (Lipinski definition) is 1. The van der Waals surface area contributed by atoms with Crippen molar-refractivity contribution in [2.24, 2.45) is 0 Å². The maximum Gasteiger partial charge on any atom is 0.142 e. The smallest absolute Gasteiger partial charge is 0.142 e. The molecule has 3 rings (SSSR count). The van der Waals surface area contributed by atoms with Gasteiger partial charge in [-0.25, -0.2) is 4.98 Å². The summed E-state index contributed by atoms with van der Waals surface area (Å²) in [5.41, 5.74) is 6.95. The summed E-state index contributed by atoms with van der Waals surface area (Å²) in [6, 6.07) is 15.9. The van der Waals surface area contributed by atoms with Crippen LogP contribution in [0.2, 0.25) is 0 Å². The molecule has 0 aliphatic rings. The molecule has 3 nitrogen and oxygen atoms in total. The normalized spacial score (nSPS) is 10.5. The Bertz CT molecular complexity index is 769. The summed E-state index contributed by atoms with van der Waals surface area (Å²) in [5.74, 6) is 0.287. The second kappa shape index (κ2) is 3.46. The van der Waals surface area contributed by atoms with Crippen LogP contribution in [0.5, 0.6) is 0 Å². The van der Waals surface area contributed by atoms with Gasteiger partial charge in [0, 0.05) is 5.39 Å². The molecule has 0 saturated heterocycles. The summed E-state index contributed by atoms with van der Waals surface area (Å²) in [4.78, 5) is 4.25. The highest BCUT2D eigenvalue weighted by atomic mass is 14.8. The minimum atomic E-state index is 0.287. The van der Waals surface area contributed by atoms with E-state index in [0.29, 0.717) is 5.56 Å². The lowest BCUT2D eigenvalue weighted by molar-refractivity contribution is 1.38. The number of fused-ring (bicyclic) bond motifs is 2. The van der Waals surface area contributed by atoms with Crippen LogP contribution in [0.15, 0.2) is 42.5 Å². The number of pyridine rings is 1. The van der Waals surface area contributed by atoms with Crippen LogP contribution in [0.1, 0.15) is 5.56 Å². The van der Waals surface area contributed by atoms with Gasteiger partial charge in [0.1, 0.15) is 11.9 Å². The van der Waals surface area contributed by atoms with E-state index in [0.717, 1.165) is 21.7 Å². The molecule has 0 saturated carbocycles. The van der Waals surface area contributed by atoms with Crippen LogP contribution in [0.4, 0.5) is 5.82 Å². The van der Waals surface area contributed by atoms with Gasteiger partial charge in [0.2, 0.25) is 0 Å². The predicted molar refractivity (Wildman–Crippen MR) is 68.4 cm³/mol. The molecule has 0 amide bonds. The third-order valence-electron chi connectivity index (χ3n) is 2.83. The summed E-state index contributed by atoms with van der Waals surface area (Å²) >= 11 is 0. The Kier molecular flexibility index (Phi) is 1.96. The first-order chi connectivity index (χ1) is 8.28. The van der Waals surface area contributed by atoms with E-state index in [1.54, 1.807) is 6.07 Å². The van der Waals surface area contributed by atoms with E-state index in [1.807, 2.05) is 42.5 Å². The number of benzene rings is 2. The van der Waals surface area contributed by atoms with Gasteiger partial charge in [-0.05, 0) is 29.0 Å². The van der Waals surface area contributed by atoms with Gasteiger partial charge >= 0.3 is 0 Å². The number of nitrogens with two attached hydrogens (primary N) is 1. The highest BCUT2D eigenvalue weighted by Gasteiger charge is 2.04. The third kappa shape index (κ3) is 1.47. The molecular weight excluding hydrogens is 210 g/mol. The Balaban J connectivity index is 2.45.